The number of rotatable bonds is 2. The summed E-state index contributed by atoms with van der Waals surface area (Å²) in [5.74, 6) is 0. The third kappa shape index (κ3) is 1.66. The molecule has 1 unspecified atom stereocenters. The Kier molecular flexibility index (Phi) is 2.21. The number of aromatic nitrogens is 1. The fourth-order valence-electron chi connectivity index (χ4n) is 2.15. The minimum absolute atomic E-state index is 0.257. The van der Waals surface area contributed by atoms with Crippen molar-refractivity contribution in [3.05, 3.63) is 10.6 Å². The summed E-state index contributed by atoms with van der Waals surface area (Å²) in [5, 5.41) is 11.0. The number of aliphatic hydroxyl groups is 1. The van der Waals surface area contributed by atoms with Crippen LogP contribution in [0.1, 0.15) is 42.4 Å². The van der Waals surface area contributed by atoms with E-state index >= 15 is 0 Å². The first-order valence-corrected chi connectivity index (χ1v) is 6.48. The average Bonchev–Trinajstić information content (AvgIpc) is 2.97. The van der Waals surface area contributed by atoms with Crippen LogP contribution in [-0.4, -0.2) is 23.2 Å². The first kappa shape index (κ1) is 9.60. The fraction of sp³-hybridized carbons (Fsp3) is 0.727. The van der Waals surface area contributed by atoms with Crippen LogP contribution in [0.5, 0.6) is 0 Å². The number of anilines is 1. The second-order valence-electron chi connectivity index (χ2n) is 4.56. The third-order valence-corrected chi connectivity index (χ3v) is 4.60. The second-order valence-corrected chi connectivity index (χ2v) is 5.57. The summed E-state index contributed by atoms with van der Waals surface area (Å²) < 4.78 is 0. The number of hydrogen-bond acceptors (Lipinski definition) is 4. The van der Waals surface area contributed by atoms with Gasteiger partial charge in [0.1, 0.15) is 0 Å². The predicted molar refractivity (Wildman–Crippen MR) is 61.4 cm³/mol. The Hall–Kier alpha value is -0.610. The molecule has 2 aliphatic rings. The molecule has 1 N–H and O–H groups in total. The molecule has 0 aromatic carbocycles. The lowest BCUT2D eigenvalue weighted by Gasteiger charge is -2.14. The second kappa shape index (κ2) is 3.46. The maximum Gasteiger partial charge on any atom is 0.185 e. The zero-order valence-electron chi connectivity index (χ0n) is 8.94. The molecule has 3 nitrogen and oxygen atoms in total. The van der Waals surface area contributed by atoms with Gasteiger partial charge in [-0.3, -0.25) is 0 Å². The average molecular weight is 224 g/mol. The van der Waals surface area contributed by atoms with Gasteiger partial charge in [0.2, 0.25) is 0 Å². The molecule has 0 spiro atoms. The Balaban J connectivity index is 1.90. The van der Waals surface area contributed by atoms with Gasteiger partial charge in [0.25, 0.3) is 0 Å². The van der Waals surface area contributed by atoms with Gasteiger partial charge in [-0.05, 0) is 32.1 Å². The van der Waals surface area contributed by atoms with E-state index in [0.29, 0.717) is 6.04 Å². The monoisotopic (exact) mass is 224 g/mol. The topological polar surface area (TPSA) is 36.4 Å². The molecular weight excluding hydrogens is 208 g/mol. The summed E-state index contributed by atoms with van der Waals surface area (Å²) in [5.41, 5.74) is 1.14. The number of thiazole rings is 1. The molecule has 0 bridgehead atoms. The van der Waals surface area contributed by atoms with Crippen LogP contribution in [0.2, 0.25) is 0 Å². The van der Waals surface area contributed by atoms with Crippen molar-refractivity contribution in [3.63, 3.8) is 0 Å². The molecule has 1 heterocycles. The van der Waals surface area contributed by atoms with E-state index in [1.807, 2.05) is 0 Å². The lowest BCUT2D eigenvalue weighted by Crippen LogP contribution is -2.18. The lowest BCUT2D eigenvalue weighted by molar-refractivity contribution is 0.160. The number of hydrogen-bond donors (Lipinski definition) is 1. The van der Waals surface area contributed by atoms with Crippen LogP contribution >= 0.6 is 11.3 Å². The Morgan fingerprint density at radius 3 is 2.87 bits per heavy atom. The molecular formula is C11H16N2OS. The quantitative estimate of drug-likeness (QED) is 0.836. The summed E-state index contributed by atoms with van der Waals surface area (Å²) in [6.07, 6.45) is 5.35. The van der Waals surface area contributed by atoms with Crippen LogP contribution in [0, 0.1) is 0 Å². The maximum atomic E-state index is 9.86. The first-order valence-electron chi connectivity index (χ1n) is 5.66. The number of aliphatic hydroxyl groups excluding tert-OH is 1. The summed E-state index contributed by atoms with van der Waals surface area (Å²) >= 11 is 1.68. The molecule has 1 atom stereocenters. The minimum Gasteiger partial charge on any atom is -0.388 e. The highest BCUT2D eigenvalue weighted by molar-refractivity contribution is 7.15. The highest BCUT2D eigenvalue weighted by Crippen LogP contribution is 2.39. The number of fused-ring (bicyclic) bond motifs is 1. The molecule has 0 saturated heterocycles. The summed E-state index contributed by atoms with van der Waals surface area (Å²) in [6, 6.07) is 0.703. The van der Waals surface area contributed by atoms with Crippen LogP contribution < -0.4 is 4.90 Å². The summed E-state index contributed by atoms with van der Waals surface area (Å²) in [6.45, 7) is 0. The Labute approximate surface area is 93.8 Å². The third-order valence-electron chi connectivity index (χ3n) is 3.31. The SMILES string of the molecule is CN(c1nc2c(s1)C(O)CCC2)C1CC1. The smallest absolute Gasteiger partial charge is 0.185 e. The van der Waals surface area contributed by atoms with Gasteiger partial charge in [-0.2, -0.15) is 0 Å². The van der Waals surface area contributed by atoms with E-state index in [4.69, 9.17) is 0 Å². The van der Waals surface area contributed by atoms with Crippen molar-refractivity contribution < 1.29 is 5.11 Å². The molecule has 82 valence electrons. The molecule has 3 rings (SSSR count). The summed E-state index contributed by atoms with van der Waals surface area (Å²) in [4.78, 5) is 8.03. The molecule has 15 heavy (non-hydrogen) atoms. The van der Waals surface area contributed by atoms with Crippen molar-refractivity contribution in [1.29, 1.82) is 0 Å². The van der Waals surface area contributed by atoms with E-state index in [-0.39, 0.29) is 6.10 Å². The van der Waals surface area contributed by atoms with Gasteiger partial charge in [0, 0.05) is 13.1 Å². The molecule has 1 fully saturated rings. The van der Waals surface area contributed by atoms with Gasteiger partial charge >= 0.3 is 0 Å². The van der Waals surface area contributed by atoms with Crippen molar-refractivity contribution in [2.24, 2.45) is 0 Å². The fourth-order valence-corrected chi connectivity index (χ4v) is 3.32. The van der Waals surface area contributed by atoms with Gasteiger partial charge in [-0.15, -0.1) is 0 Å². The van der Waals surface area contributed by atoms with Gasteiger partial charge < -0.3 is 10.0 Å². The van der Waals surface area contributed by atoms with Crippen LogP contribution in [0.25, 0.3) is 0 Å². The van der Waals surface area contributed by atoms with Crippen molar-refractivity contribution in [1.82, 2.24) is 4.98 Å². The van der Waals surface area contributed by atoms with Crippen LogP contribution in [0.4, 0.5) is 5.13 Å². The zero-order chi connectivity index (χ0) is 10.4. The van der Waals surface area contributed by atoms with E-state index in [2.05, 4.69) is 16.9 Å². The van der Waals surface area contributed by atoms with Gasteiger partial charge in [-0.25, -0.2) is 4.98 Å². The highest BCUT2D eigenvalue weighted by Gasteiger charge is 2.30. The molecule has 0 aliphatic heterocycles. The summed E-state index contributed by atoms with van der Waals surface area (Å²) in [7, 11) is 2.12. The Morgan fingerprint density at radius 2 is 2.20 bits per heavy atom. The Morgan fingerprint density at radius 1 is 1.40 bits per heavy atom. The normalized spacial score (nSPS) is 25.1. The van der Waals surface area contributed by atoms with Crippen LogP contribution in [0.3, 0.4) is 0 Å². The standard InChI is InChI=1S/C11H16N2OS/c1-13(7-5-6-7)11-12-8-3-2-4-9(14)10(8)15-11/h7,9,14H,2-6H2,1H3. The molecule has 1 saturated carbocycles. The Bertz CT molecular complexity index is 373. The molecule has 0 amide bonds. The van der Waals surface area contributed by atoms with E-state index in [0.717, 1.165) is 35.0 Å². The zero-order valence-corrected chi connectivity index (χ0v) is 9.76. The number of nitrogens with zero attached hydrogens (tertiary/aromatic N) is 2. The molecule has 1 aromatic rings. The lowest BCUT2D eigenvalue weighted by atomic mass is 10.0. The molecule has 1 aromatic heterocycles. The van der Waals surface area contributed by atoms with Gasteiger partial charge in [0.15, 0.2) is 5.13 Å². The van der Waals surface area contributed by atoms with E-state index in [1.54, 1.807) is 11.3 Å². The van der Waals surface area contributed by atoms with Gasteiger partial charge in [0.05, 0.1) is 16.7 Å². The number of aryl methyl sites for hydroxylation is 1. The van der Waals surface area contributed by atoms with Crippen molar-refractivity contribution in [3.8, 4) is 0 Å². The van der Waals surface area contributed by atoms with E-state index < -0.39 is 0 Å². The van der Waals surface area contributed by atoms with E-state index in [1.165, 1.54) is 12.8 Å². The van der Waals surface area contributed by atoms with Crippen LogP contribution in [-0.2, 0) is 6.42 Å². The van der Waals surface area contributed by atoms with E-state index in [9.17, 15) is 5.11 Å². The minimum atomic E-state index is -0.257. The predicted octanol–water partition coefficient (Wildman–Crippen LogP) is 2.11. The van der Waals surface area contributed by atoms with Crippen molar-refractivity contribution in [2.75, 3.05) is 11.9 Å². The largest absolute Gasteiger partial charge is 0.388 e. The molecule has 2 aliphatic carbocycles. The van der Waals surface area contributed by atoms with Crippen molar-refractivity contribution >= 4 is 16.5 Å². The molecule has 0 radical (unpaired) electrons. The molecule has 4 heteroatoms. The maximum absolute atomic E-state index is 9.86. The van der Waals surface area contributed by atoms with Gasteiger partial charge in [-0.1, -0.05) is 11.3 Å². The highest BCUT2D eigenvalue weighted by atomic mass is 32.1. The first-order chi connectivity index (χ1) is 7.25. The van der Waals surface area contributed by atoms with Crippen LogP contribution in [0.15, 0.2) is 0 Å². The van der Waals surface area contributed by atoms with Crippen molar-refractivity contribution in [2.45, 2.75) is 44.2 Å².